The summed E-state index contributed by atoms with van der Waals surface area (Å²) in [5.74, 6) is 0. The Morgan fingerprint density at radius 2 is 0.500 bits per heavy atom. The zero-order valence-electron chi connectivity index (χ0n) is 1.39. The van der Waals surface area contributed by atoms with Gasteiger partial charge in [-0.25, -0.2) is 0 Å². The van der Waals surface area contributed by atoms with Crippen LogP contribution in [0.4, 0.5) is 0 Å². The first-order chi connectivity index (χ1) is 0. The largest absolute Gasteiger partial charge is 0 e. The van der Waals surface area contributed by atoms with Crippen LogP contribution in [0.2, 0.25) is 0 Å². The van der Waals surface area contributed by atoms with E-state index in [4.69, 9.17) is 0 Å². The third-order valence-corrected chi connectivity index (χ3v) is 0. The minimum atomic E-state index is 0. The third-order valence-electron chi connectivity index (χ3n) is 0. The molecule has 0 rings (SSSR count). The van der Waals surface area contributed by atoms with Gasteiger partial charge in [0.05, 0.1) is 0 Å². The van der Waals surface area contributed by atoms with E-state index in [-0.39, 0.29) is 76.2 Å². The Kier molecular flexibility index (Phi) is 146. The van der Waals surface area contributed by atoms with Crippen LogP contribution in [-0.2, 0) is 76.2 Å². The van der Waals surface area contributed by atoms with Crippen LogP contribution in [0.15, 0.2) is 0 Å². The average Bonchev–Trinajstić information content (AvgIpc) is 0. The molecule has 0 aromatic carbocycles. The minimum Gasteiger partial charge on any atom is 0 e. The second kappa shape index (κ2) is 18.1. The van der Waals surface area contributed by atoms with Crippen molar-refractivity contribution in [1.82, 2.24) is 0 Å². The minimum absolute atomic E-state index is 0. The maximum Gasteiger partial charge on any atom is 0 e. The van der Waals surface area contributed by atoms with Crippen molar-refractivity contribution in [2.45, 2.75) is 0 Å². The molecule has 0 saturated carbocycles. The monoisotopic (exact) mass is 635 g/mol. The Morgan fingerprint density at radius 1 is 0.500 bits per heavy atom. The molecule has 1 radical (unpaired) electrons. The molecule has 0 nitrogen and oxygen atoms in total. The summed E-state index contributed by atoms with van der Waals surface area (Å²) in [4.78, 5) is 0. The van der Waals surface area contributed by atoms with Crippen molar-refractivity contribution in [3.05, 3.63) is 0 Å². The molecule has 0 heterocycles. The molecule has 0 aliphatic heterocycles. The van der Waals surface area contributed by atoms with Crippen molar-refractivity contribution in [2.75, 3.05) is 0 Å². The molecule has 4 heteroatoms. The summed E-state index contributed by atoms with van der Waals surface area (Å²) in [6.45, 7) is 0. The normalized spacial score (nSPS) is 0. The van der Waals surface area contributed by atoms with Gasteiger partial charge in [0.2, 0.25) is 0 Å². The fourth-order valence-electron chi connectivity index (χ4n) is 0. The molecular formula is CoOs3. The topological polar surface area (TPSA) is 0 Å². The van der Waals surface area contributed by atoms with Crippen molar-refractivity contribution in [3.8, 4) is 0 Å². The van der Waals surface area contributed by atoms with Crippen molar-refractivity contribution < 1.29 is 76.2 Å². The number of hydrogen-bond acceptors (Lipinski definition) is 0. The maximum atomic E-state index is 0. The van der Waals surface area contributed by atoms with Gasteiger partial charge in [0.1, 0.15) is 0 Å². The van der Waals surface area contributed by atoms with E-state index in [1.807, 2.05) is 0 Å². The number of hydrogen-bond donors (Lipinski definition) is 0. The summed E-state index contributed by atoms with van der Waals surface area (Å²) >= 11 is 0. The fourth-order valence-corrected chi connectivity index (χ4v) is 0. The maximum absolute atomic E-state index is 0. The fraction of sp³-hybridized carbons (Fsp3) is 0. The number of rotatable bonds is 0. The SMILES string of the molecule is [Co].[Os].[Os].[Os]. The molecule has 0 aliphatic rings. The van der Waals surface area contributed by atoms with Crippen LogP contribution in [0.5, 0.6) is 0 Å². The Bertz CT molecular complexity index is 3.25. The van der Waals surface area contributed by atoms with Crippen LogP contribution in [-0.4, -0.2) is 0 Å². The van der Waals surface area contributed by atoms with E-state index in [9.17, 15) is 0 Å². The van der Waals surface area contributed by atoms with Crippen LogP contribution in [0, 0.1) is 0 Å². The van der Waals surface area contributed by atoms with E-state index >= 15 is 0 Å². The van der Waals surface area contributed by atoms with Gasteiger partial charge in [0.15, 0.2) is 0 Å². The van der Waals surface area contributed by atoms with Crippen molar-refractivity contribution in [2.24, 2.45) is 0 Å². The van der Waals surface area contributed by atoms with E-state index in [2.05, 4.69) is 0 Å². The van der Waals surface area contributed by atoms with E-state index in [1.165, 1.54) is 0 Å². The van der Waals surface area contributed by atoms with Crippen LogP contribution in [0.1, 0.15) is 0 Å². The van der Waals surface area contributed by atoms with Gasteiger partial charge in [-0.05, 0) is 0 Å². The van der Waals surface area contributed by atoms with Gasteiger partial charge in [-0.1, -0.05) is 0 Å². The molecule has 0 atom stereocenters. The zero-order chi connectivity index (χ0) is 0. The van der Waals surface area contributed by atoms with Crippen LogP contribution >= 0.6 is 0 Å². The quantitative estimate of drug-likeness (QED) is 0.354. The summed E-state index contributed by atoms with van der Waals surface area (Å²) in [6.07, 6.45) is 0. The summed E-state index contributed by atoms with van der Waals surface area (Å²) < 4.78 is 0. The van der Waals surface area contributed by atoms with E-state index in [0.29, 0.717) is 0 Å². The predicted octanol–water partition coefficient (Wildman–Crippen LogP) is -0.0100. The Hall–Kier alpha value is 2.42. The molecule has 0 fully saturated rings. The van der Waals surface area contributed by atoms with E-state index < -0.39 is 0 Å². The standard InChI is InChI=1S/Co.3Os. The average molecular weight is 630 g/mol. The Labute approximate surface area is 75.2 Å². The molecule has 0 aliphatic carbocycles. The van der Waals surface area contributed by atoms with E-state index in [1.54, 1.807) is 0 Å². The van der Waals surface area contributed by atoms with Crippen molar-refractivity contribution >= 4 is 0 Å². The van der Waals surface area contributed by atoms with Gasteiger partial charge < -0.3 is 0 Å². The molecule has 0 unspecified atom stereocenters. The summed E-state index contributed by atoms with van der Waals surface area (Å²) in [6, 6.07) is 0. The molecule has 33 valence electrons. The summed E-state index contributed by atoms with van der Waals surface area (Å²) in [5.41, 5.74) is 0. The first kappa shape index (κ1) is 32.2. The molecular weight excluding hydrogens is 630 g/mol. The second-order valence-corrected chi connectivity index (χ2v) is 0. The van der Waals surface area contributed by atoms with Gasteiger partial charge >= 0.3 is 0 Å². The zero-order valence-corrected chi connectivity index (χ0v) is 10.1. The molecule has 0 spiro atoms. The molecule has 0 aromatic rings. The van der Waals surface area contributed by atoms with Crippen molar-refractivity contribution in [3.63, 3.8) is 0 Å². The molecule has 0 bridgehead atoms. The Balaban J connectivity index is 0. The summed E-state index contributed by atoms with van der Waals surface area (Å²) in [7, 11) is 0. The van der Waals surface area contributed by atoms with Crippen LogP contribution in [0.3, 0.4) is 0 Å². The van der Waals surface area contributed by atoms with Crippen molar-refractivity contribution in [1.29, 1.82) is 0 Å². The van der Waals surface area contributed by atoms with Gasteiger partial charge in [-0.15, -0.1) is 0 Å². The third kappa shape index (κ3) is 8.83. The molecule has 0 N–H and O–H groups in total. The van der Waals surface area contributed by atoms with Crippen LogP contribution in [0.25, 0.3) is 0 Å². The summed E-state index contributed by atoms with van der Waals surface area (Å²) in [5, 5.41) is 0. The Morgan fingerprint density at radius 3 is 0.500 bits per heavy atom. The second-order valence-electron chi connectivity index (χ2n) is 0. The van der Waals surface area contributed by atoms with Gasteiger partial charge in [-0.2, -0.15) is 0 Å². The van der Waals surface area contributed by atoms with Gasteiger partial charge in [-0.3, -0.25) is 0 Å². The van der Waals surface area contributed by atoms with Gasteiger partial charge in [0, 0.05) is 76.2 Å². The first-order valence-corrected chi connectivity index (χ1v) is 0. The van der Waals surface area contributed by atoms with Crippen LogP contribution < -0.4 is 0 Å². The van der Waals surface area contributed by atoms with Gasteiger partial charge in [0.25, 0.3) is 0 Å². The van der Waals surface area contributed by atoms with E-state index in [0.717, 1.165) is 0 Å². The smallest absolute Gasteiger partial charge is 0 e. The molecule has 0 amide bonds. The molecule has 0 aromatic heterocycles. The molecule has 4 heavy (non-hydrogen) atoms. The molecule has 0 saturated heterocycles. The predicted molar refractivity (Wildman–Crippen MR) is 0 cm³/mol. The first-order valence-electron chi connectivity index (χ1n) is 0.